The fourth-order valence-electron chi connectivity index (χ4n) is 8.00. The van der Waals surface area contributed by atoms with Gasteiger partial charge >= 0.3 is 24.3 Å². The van der Waals surface area contributed by atoms with Crippen LogP contribution in [0.2, 0.25) is 0 Å². The first-order valence-electron chi connectivity index (χ1n) is 22.5. The molecule has 8 rings (SSSR count). The van der Waals surface area contributed by atoms with Crippen molar-refractivity contribution in [3.8, 4) is 33.8 Å². The van der Waals surface area contributed by atoms with Crippen molar-refractivity contribution >= 4 is 57.8 Å². The Kier molecular flexibility index (Phi) is 17.6. The van der Waals surface area contributed by atoms with Crippen molar-refractivity contribution in [2.75, 3.05) is 56.2 Å². The zero-order valence-electron chi connectivity index (χ0n) is 38.8. The van der Waals surface area contributed by atoms with Gasteiger partial charge in [-0.05, 0) is 83.6 Å². The SMILES string of the molecule is COC(=O)C(O)CNCC(=O)N1CCc2cc(OCc3cc(-c4ccccc4)c(C(F)(F)F)s3)ccc21.O=C(O)C(O)CNCC(=O)N1CCc2cc(OCc3cc(-c4ccccc4)c(C(F)(F)F)s3)ccc21. The van der Waals surface area contributed by atoms with Crippen molar-refractivity contribution in [1.29, 1.82) is 0 Å². The number of carbonyl (C=O) groups is 4. The van der Waals surface area contributed by atoms with Gasteiger partial charge in [0.2, 0.25) is 11.8 Å². The smallest absolute Gasteiger partial charge is 0.426 e. The Morgan fingerprint density at radius 1 is 0.616 bits per heavy atom. The van der Waals surface area contributed by atoms with E-state index in [2.05, 4.69) is 15.4 Å². The van der Waals surface area contributed by atoms with E-state index in [0.29, 0.717) is 86.7 Å². The number of aliphatic carboxylic acids is 1. The molecule has 6 aromatic rings. The number of aliphatic hydroxyl groups excluding tert-OH is 2. The largest absolute Gasteiger partial charge is 0.488 e. The maximum absolute atomic E-state index is 13.6. The molecule has 2 aliphatic rings. The number of methoxy groups -OCH3 is 1. The normalized spacial score (nSPS) is 13.9. The van der Waals surface area contributed by atoms with Crippen LogP contribution in [0.25, 0.3) is 22.3 Å². The first-order valence-corrected chi connectivity index (χ1v) is 24.1. The maximum Gasteiger partial charge on any atom is 0.426 e. The number of rotatable bonds is 18. The summed E-state index contributed by atoms with van der Waals surface area (Å²) in [7, 11) is 1.16. The van der Waals surface area contributed by atoms with Gasteiger partial charge in [0.25, 0.3) is 0 Å². The highest BCUT2D eigenvalue weighted by Gasteiger charge is 2.38. The van der Waals surface area contributed by atoms with E-state index in [1.807, 2.05) is 0 Å². The van der Waals surface area contributed by atoms with E-state index in [4.69, 9.17) is 14.6 Å². The number of carboxylic acids is 1. The number of anilines is 2. The summed E-state index contributed by atoms with van der Waals surface area (Å²) in [6.45, 7) is 0.267. The van der Waals surface area contributed by atoms with Gasteiger partial charge in [0.15, 0.2) is 12.2 Å². The first kappa shape index (κ1) is 54.0. The number of ether oxygens (including phenoxy) is 3. The third kappa shape index (κ3) is 13.8. The summed E-state index contributed by atoms with van der Waals surface area (Å²) >= 11 is 1.32. The fourth-order valence-corrected chi connectivity index (χ4v) is 9.92. The lowest BCUT2D eigenvalue weighted by Crippen LogP contribution is -2.41. The number of carbonyl (C=O) groups excluding carboxylic acids is 3. The molecule has 386 valence electrons. The molecule has 2 aromatic heterocycles. The van der Waals surface area contributed by atoms with E-state index < -0.39 is 46.3 Å². The van der Waals surface area contributed by atoms with Crippen molar-refractivity contribution in [3.63, 3.8) is 0 Å². The topological polar surface area (TPSA) is 187 Å². The molecule has 0 bridgehead atoms. The summed E-state index contributed by atoms with van der Waals surface area (Å²) in [6, 6.07) is 30.2. The number of halogens is 6. The van der Waals surface area contributed by atoms with E-state index >= 15 is 0 Å². The minimum atomic E-state index is -4.47. The minimum Gasteiger partial charge on any atom is -0.488 e. The molecule has 5 N–H and O–H groups in total. The fraction of sp³-hybridized carbons (Fsp3) is 0.294. The second kappa shape index (κ2) is 23.8. The van der Waals surface area contributed by atoms with Gasteiger partial charge in [-0.25, -0.2) is 9.59 Å². The Bertz CT molecular complexity index is 2900. The summed E-state index contributed by atoms with van der Waals surface area (Å²) in [5, 5.41) is 32.9. The van der Waals surface area contributed by atoms with Crippen LogP contribution in [0.15, 0.2) is 109 Å². The van der Waals surface area contributed by atoms with E-state index in [0.717, 1.165) is 23.9 Å². The van der Waals surface area contributed by atoms with Gasteiger partial charge in [-0.2, -0.15) is 26.3 Å². The molecule has 0 spiro atoms. The quantitative estimate of drug-likeness (QED) is 0.0414. The van der Waals surface area contributed by atoms with Gasteiger partial charge in [0.1, 0.15) is 34.5 Å². The molecule has 4 aromatic carbocycles. The molecule has 14 nitrogen and oxygen atoms in total. The Morgan fingerprint density at radius 2 is 1.03 bits per heavy atom. The molecule has 0 fully saturated rings. The maximum atomic E-state index is 13.6. The number of hydrogen-bond donors (Lipinski definition) is 5. The van der Waals surface area contributed by atoms with Crippen LogP contribution in [0.1, 0.15) is 30.6 Å². The number of nitrogens with zero attached hydrogens (tertiary/aromatic N) is 2. The molecule has 22 heteroatoms. The van der Waals surface area contributed by atoms with E-state index in [-0.39, 0.29) is 62.3 Å². The van der Waals surface area contributed by atoms with Crippen LogP contribution in [0.4, 0.5) is 37.7 Å². The third-order valence-electron chi connectivity index (χ3n) is 11.5. The predicted octanol–water partition coefficient (Wildman–Crippen LogP) is 7.96. The molecule has 2 amide bonds. The monoisotopic (exact) mass is 1050 g/mol. The molecular formula is C51H48F6N4O10S2. The van der Waals surface area contributed by atoms with Crippen molar-refractivity contribution in [3.05, 3.63) is 140 Å². The summed E-state index contributed by atoms with van der Waals surface area (Å²) in [4.78, 5) is 49.7. The van der Waals surface area contributed by atoms with Crippen LogP contribution in [0.3, 0.4) is 0 Å². The highest BCUT2D eigenvalue weighted by molar-refractivity contribution is 7.13. The lowest BCUT2D eigenvalue weighted by Gasteiger charge is -2.18. The van der Waals surface area contributed by atoms with Gasteiger partial charge in [-0.3, -0.25) is 9.59 Å². The van der Waals surface area contributed by atoms with Crippen molar-refractivity contribution in [2.45, 2.75) is 50.6 Å². The Balaban J connectivity index is 0.000000214. The summed E-state index contributed by atoms with van der Waals surface area (Å²) in [5.41, 5.74) is 4.39. The van der Waals surface area contributed by atoms with Gasteiger partial charge in [-0.15, -0.1) is 22.7 Å². The second-order valence-corrected chi connectivity index (χ2v) is 18.8. The van der Waals surface area contributed by atoms with Crippen molar-refractivity contribution < 1.29 is 75.1 Å². The van der Waals surface area contributed by atoms with Crippen LogP contribution in [0, 0.1) is 0 Å². The van der Waals surface area contributed by atoms with Crippen molar-refractivity contribution in [1.82, 2.24) is 10.6 Å². The number of carboxylic acid groups (broad SMARTS) is 1. The van der Waals surface area contributed by atoms with E-state index in [1.165, 1.54) is 12.1 Å². The minimum absolute atomic E-state index is 0.0194. The van der Waals surface area contributed by atoms with Gasteiger partial charge in [-0.1, -0.05) is 60.7 Å². The average molecular weight is 1060 g/mol. The number of aliphatic hydroxyl groups is 2. The first-order chi connectivity index (χ1) is 34.8. The molecule has 2 atom stereocenters. The molecule has 0 aliphatic carbocycles. The van der Waals surface area contributed by atoms with Crippen LogP contribution in [-0.4, -0.2) is 97.7 Å². The molecule has 0 saturated carbocycles. The van der Waals surface area contributed by atoms with Crippen molar-refractivity contribution in [2.24, 2.45) is 0 Å². The molecule has 4 heterocycles. The van der Waals surface area contributed by atoms with Gasteiger partial charge in [0, 0.05) is 58.4 Å². The Hall–Kier alpha value is -6.82. The zero-order chi connectivity index (χ0) is 52.5. The molecule has 2 unspecified atom stereocenters. The molecule has 0 saturated heterocycles. The predicted molar refractivity (Wildman–Crippen MR) is 261 cm³/mol. The highest BCUT2D eigenvalue weighted by Crippen LogP contribution is 2.45. The van der Waals surface area contributed by atoms with Crippen LogP contribution >= 0.6 is 22.7 Å². The number of nitrogens with one attached hydrogen (secondary N) is 2. The lowest BCUT2D eigenvalue weighted by atomic mass is 10.1. The van der Waals surface area contributed by atoms with Crippen LogP contribution in [0.5, 0.6) is 11.5 Å². The van der Waals surface area contributed by atoms with E-state index in [9.17, 15) is 55.7 Å². The van der Waals surface area contributed by atoms with Gasteiger partial charge < -0.3 is 50.0 Å². The number of hydrogen-bond acceptors (Lipinski definition) is 13. The summed E-state index contributed by atoms with van der Waals surface area (Å²) in [5.74, 6) is -1.68. The van der Waals surface area contributed by atoms with Gasteiger partial charge in [0.05, 0.1) is 20.2 Å². The lowest BCUT2D eigenvalue weighted by molar-refractivity contribution is -0.150. The summed E-state index contributed by atoms with van der Waals surface area (Å²) in [6.07, 6.45) is -10.7. The zero-order valence-corrected chi connectivity index (χ0v) is 40.4. The standard InChI is InChI=1S/C26H25F3N2O5S.C25H23F3N2O5S/c1-35-25(34)22(32)13-30-14-23(33)31-10-9-17-11-18(7-8-21(17)31)36-15-19-12-20(16-5-3-2-4-6-16)24(37-19)26(27,28)29;26-25(27,28)23-19(15-4-2-1-3-5-15)11-18(36-23)14-35-17-6-7-20-16(10-17)8-9-30(20)22(32)13-29-12-21(31)24(33)34/h2-8,11-12,22,30,32H,9-10,13-15H2,1H3;1-7,10-11,21,29,31H,8-9,12-14H2,(H,33,34). The van der Waals surface area contributed by atoms with Crippen LogP contribution < -0.4 is 29.9 Å². The molecule has 2 aliphatic heterocycles. The number of amides is 2. The molecular weight excluding hydrogens is 1010 g/mol. The molecule has 73 heavy (non-hydrogen) atoms. The number of benzene rings is 4. The number of esters is 1. The number of thiophene rings is 2. The Labute approximate surface area is 422 Å². The van der Waals surface area contributed by atoms with Crippen LogP contribution in [-0.2, 0) is 62.3 Å². The highest BCUT2D eigenvalue weighted by atomic mass is 32.1. The second-order valence-electron chi connectivity index (χ2n) is 16.5. The third-order valence-corrected chi connectivity index (χ3v) is 13.8. The number of fused-ring (bicyclic) bond motifs is 2. The average Bonchev–Trinajstić information content (AvgIpc) is 4.20. The summed E-state index contributed by atoms with van der Waals surface area (Å²) < 4.78 is 97.8. The van der Waals surface area contributed by atoms with E-state index in [1.54, 1.807) is 107 Å². The molecule has 0 radical (unpaired) electrons. The Morgan fingerprint density at radius 3 is 1.41 bits per heavy atom. The number of alkyl halides is 6.